The second-order valence-corrected chi connectivity index (χ2v) is 3.95. The number of methoxy groups -OCH3 is 1. The van der Waals surface area contributed by atoms with Crippen LogP contribution in [-0.2, 0) is 17.6 Å². The van der Waals surface area contributed by atoms with Crippen molar-refractivity contribution in [1.29, 1.82) is 0 Å². The molecule has 96 valence electrons. The van der Waals surface area contributed by atoms with Gasteiger partial charge in [0.2, 0.25) is 5.89 Å². The molecule has 18 heavy (non-hydrogen) atoms. The van der Waals surface area contributed by atoms with E-state index in [0.717, 1.165) is 5.56 Å². The summed E-state index contributed by atoms with van der Waals surface area (Å²) in [6.45, 7) is 0.252. The van der Waals surface area contributed by atoms with E-state index in [0.29, 0.717) is 24.6 Å². The summed E-state index contributed by atoms with van der Waals surface area (Å²) in [5.41, 5.74) is 1.06. The average molecular weight is 249 g/mol. The van der Waals surface area contributed by atoms with Crippen molar-refractivity contribution in [2.24, 2.45) is 0 Å². The highest BCUT2D eigenvalue weighted by molar-refractivity contribution is 5.14. The molecule has 1 unspecified atom stereocenters. The molecule has 0 saturated carbocycles. The summed E-state index contributed by atoms with van der Waals surface area (Å²) in [5.74, 6) is 1.02. The molecule has 0 spiro atoms. The predicted octanol–water partition coefficient (Wildman–Crippen LogP) is 0.605. The highest BCUT2D eigenvalue weighted by atomic mass is 16.5. The summed E-state index contributed by atoms with van der Waals surface area (Å²) < 4.78 is 9.89. The summed E-state index contributed by atoms with van der Waals surface area (Å²) in [6, 6.07) is 3.80. The fraction of sp³-hybridized carbons (Fsp3) is 0.417. The van der Waals surface area contributed by atoms with Crippen molar-refractivity contribution in [1.82, 2.24) is 15.1 Å². The topological polar surface area (TPSA) is 81.3 Å². The Labute approximate surface area is 105 Å². The first kappa shape index (κ1) is 12.7. The first-order chi connectivity index (χ1) is 8.78. The van der Waals surface area contributed by atoms with E-state index in [4.69, 9.17) is 9.26 Å². The molecule has 0 aliphatic rings. The van der Waals surface area contributed by atoms with Gasteiger partial charge in [-0.15, -0.1) is 0 Å². The van der Waals surface area contributed by atoms with E-state index in [1.807, 2.05) is 12.1 Å². The average Bonchev–Trinajstić information content (AvgIpc) is 2.78. The quantitative estimate of drug-likeness (QED) is 0.807. The second-order valence-electron chi connectivity index (χ2n) is 3.95. The lowest BCUT2D eigenvalue weighted by atomic mass is 10.2. The van der Waals surface area contributed by atoms with Crippen LogP contribution >= 0.6 is 0 Å². The Balaban J connectivity index is 1.94. The number of aromatic nitrogens is 3. The molecule has 2 aromatic heterocycles. The third-order valence-electron chi connectivity index (χ3n) is 2.39. The van der Waals surface area contributed by atoms with Crippen LogP contribution in [0.5, 0.6) is 0 Å². The molecule has 0 saturated heterocycles. The van der Waals surface area contributed by atoms with Crippen molar-refractivity contribution in [3.8, 4) is 0 Å². The van der Waals surface area contributed by atoms with Crippen LogP contribution in [0.4, 0.5) is 0 Å². The molecular weight excluding hydrogens is 234 g/mol. The molecular formula is C12H15N3O3. The Hall–Kier alpha value is -1.79. The van der Waals surface area contributed by atoms with Gasteiger partial charge >= 0.3 is 0 Å². The Morgan fingerprint density at radius 2 is 2.17 bits per heavy atom. The first-order valence-electron chi connectivity index (χ1n) is 5.65. The lowest BCUT2D eigenvalue weighted by molar-refractivity contribution is 0.0599. The van der Waals surface area contributed by atoms with Crippen LogP contribution in [0.25, 0.3) is 0 Å². The predicted molar refractivity (Wildman–Crippen MR) is 62.9 cm³/mol. The summed E-state index contributed by atoms with van der Waals surface area (Å²) in [5, 5.41) is 13.4. The smallest absolute Gasteiger partial charge is 0.229 e. The Kier molecular flexibility index (Phi) is 4.38. The first-order valence-corrected chi connectivity index (χ1v) is 5.65. The van der Waals surface area contributed by atoms with Crippen LogP contribution in [0.3, 0.4) is 0 Å². The maximum atomic E-state index is 9.54. The van der Waals surface area contributed by atoms with Crippen molar-refractivity contribution in [2.75, 3.05) is 13.7 Å². The van der Waals surface area contributed by atoms with Crippen LogP contribution in [0.2, 0.25) is 0 Å². The molecule has 2 aromatic rings. The van der Waals surface area contributed by atoms with Gasteiger partial charge in [-0.2, -0.15) is 4.98 Å². The number of rotatable bonds is 6. The Morgan fingerprint density at radius 3 is 2.89 bits per heavy atom. The van der Waals surface area contributed by atoms with Gasteiger partial charge in [-0.3, -0.25) is 4.98 Å². The molecule has 1 N–H and O–H groups in total. The van der Waals surface area contributed by atoms with Gasteiger partial charge < -0.3 is 14.4 Å². The standard InChI is InChI=1S/C12H15N3O3/c1-17-8-10(16)7-12-14-11(15-18-12)6-9-2-4-13-5-3-9/h2-5,10,16H,6-8H2,1H3. The van der Waals surface area contributed by atoms with Crippen LogP contribution in [0.1, 0.15) is 17.3 Å². The van der Waals surface area contributed by atoms with Gasteiger partial charge in [0.05, 0.1) is 19.1 Å². The fourth-order valence-corrected chi connectivity index (χ4v) is 1.58. The molecule has 6 heteroatoms. The fourth-order valence-electron chi connectivity index (χ4n) is 1.58. The molecule has 0 aliphatic carbocycles. The third-order valence-corrected chi connectivity index (χ3v) is 2.39. The molecule has 0 aromatic carbocycles. The lowest BCUT2D eigenvalue weighted by Crippen LogP contribution is -2.17. The SMILES string of the molecule is COCC(O)Cc1nc(Cc2ccncc2)no1. The summed E-state index contributed by atoms with van der Waals surface area (Å²) in [6.07, 6.45) is 3.71. The Morgan fingerprint density at radius 1 is 1.39 bits per heavy atom. The zero-order chi connectivity index (χ0) is 12.8. The monoisotopic (exact) mass is 249 g/mol. The van der Waals surface area contributed by atoms with E-state index < -0.39 is 6.10 Å². The largest absolute Gasteiger partial charge is 0.390 e. The van der Waals surface area contributed by atoms with E-state index in [2.05, 4.69) is 15.1 Å². The number of ether oxygens (including phenoxy) is 1. The zero-order valence-corrected chi connectivity index (χ0v) is 10.1. The van der Waals surface area contributed by atoms with Crippen LogP contribution in [0, 0.1) is 0 Å². The number of hydrogen-bond donors (Lipinski definition) is 1. The summed E-state index contributed by atoms with van der Waals surface area (Å²) in [7, 11) is 1.53. The molecule has 0 aliphatic heterocycles. The number of aliphatic hydroxyl groups is 1. The normalized spacial score (nSPS) is 12.6. The summed E-state index contributed by atoms with van der Waals surface area (Å²) >= 11 is 0. The van der Waals surface area contributed by atoms with Crippen LogP contribution in [-0.4, -0.2) is 40.1 Å². The van der Waals surface area contributed by atoms with Crippen molar-refractivity contribution >= 4 is 0 Å². The number of pyridine rings is 1. The van der Waals surface area contributed by atoms with Crippen molar-refractivity contribution in [2.45, 2.75) is 18.9 Å². The minimum absolute atomic E-state index is 0.252. The summed E-state index contributed by atoms with van der Waals surface area (Å²) in [4.78, 5) is 8.15. The number of aliphatic hydroxyl groups excluding tert-OH is 1. The van der Waals surface area contributed by atoms with Crippen molar-refractivity contribution < 1.29 is 14.4 Å². The molecule has 1 atom stereocenters. The molecule has 0 radical (unpaired) electrons. The van der Waals surface area contributed by atoms with E-state index >= 15 is 0 Å². The molecule has 2 rings (SSSR count). The maximum absolute atomic E-state index is 9.54. The molecule has 0 amide bonds. The minimum atomic E-state index is -0.621. The van der Waals surface area contributed by atoms with E-state index in [-0.39, 0.29) is 6.61 Å². The van der Waals surface area contributed by atoms with Crippen molar-refractivity contribution in [3.05, 3.63) is 41.8 Å². The Bertz CT molecular complexity index is 472. The van der Waals surface area contributed by atoms with Gasteiger partial charge in [-0.05, 0) is 17.7 Å². The van der Waals surface area contributed by atoms with Crippen LogP contribution in [0.15, 0.2) is 29.0 Å². The third kappa shape index (κ3) is 3.61. The highest BCUT2D eigenvalue weighted by Crippen LogP contribution is 2.07. The van der Waals surface area contributed by atoms with E-state index in [1.54, 1.807) is 12.4 Å². The van der Waals surface area contributed by atoms with Crippen molar-refractivity contribution in [3.63, 3.8) is 0 Å². The molecule has 6 nitrogen and oxygen atoms in total. The molecule has 2 heterocycles. The van der Waals surface area contributed by atoms with E-state index in [9.17, 15) is 5.11 Å². The molecule has 0 fully saturated rings. The van der Waals surface area contributed by atoms with Gasteiger partial charge in [0.15, 0.2) is 5.82 Å². The van der Waals surface area contributed by atoms with Gasteiger partial charge in [0.25, 0.3) is 0 Å². The van der Waals surface area contributed by atoms with Crippen LogP contribution < -0.4 is 0 Å². The van der Waals surface area contributed by atoms with Gasteiger partial charge in [0.1, 0.15) is 0 Å². The highest BCUT2D eigenvalue weighted by Gasteiger charge is 2.12. The second kappa shape index (κ2) is 6.23. The van der Waals surface area contributed by atoms with Gasteiger partial charge in [0, 0.05) is 25.9 Å². The zero-order valence-electron chi connectivity index (χ0n) is 10.1. The number of nitrogens with zero attached hydrogens (tertiary/aromatic N) is 3. The molecule has 0 bridgehead atoms. The van der Waals surface area contributed by atoms with E-state index in [1.165, 1.54) is 7.11 Å². The number of hydrogen-bond acceptors (Lipinski definition) is 6. The lowest BCUT2D eigenvalue weighted by Gasteiger charge is -2.04. The van der Waals surface area contributed by atoms with Gasteiger partial charge in [-0.25, -0.2) is 0 Å². The minimum Gasteiger partial charge on any atom is -0.390 e. The maximum Gasteiger partial charge on any atom is 0.229 e. The van der Waals surface area contributed by atoms with Gasteiger partial charge in [-0.1, -0.05) is 5.16 Å².